The summed E-state index contributed by atoms with van der Waals surface area (Å²) in [4.78, 5) is 26.9. The van der Waals surface area contributed by atoms with Gasteiger partial charge in [0.05, 0.1) is 11.1 Å². The van der Waals surface area contributed by atoms with E-state index in [-0.39, 0.29) is 23.2 Å². The van der Waals surface area contributed by atoms with Crippen LogP contribution in [0, 0.1) is 23.4 Å². The maximum atomic E-state index is 13.9. The lowest BCUT2D eigenvalue weighted by Crippen LogP contribution is -2.53. The van der Waals surface area contributed by atoms with Gasteiger partial charge in [-0.2, -0.15) is 0 Å². The highest BCUT2D eigenvalue weighted by Gasteiger charge is 2.41. The quantitative estimate of drug-likeness (QED) is 0.814. The van der Waals surface area contributed by atoms with Crippen LogP contribution in [-0.2, 0) is 10.3 Å². The first-order valence-corrected chi connectivity index (χ1v) is 10.2. The summed E-state index contributed by atoms with van der Waals surface area (Å²) in [5.41, 5.74) is 0.293. The van der Waals surface area contributed by atoms with E-state index in [1.165, 1.54) is 17.0 Å². The summed E-state index contributed by atoms with van der Waals surface area (Å²) in [7, 11) is 0. The zero-order chi connectivity index (χ0) is 21.3. The van der Waals surface area contributed by atoms with E-state index in [0.29, 0.717) is 32.0 Å². The molecule has 1 saturated carbocycles. The van der Waals surface area contributed by atoms with Crippen molar-refractivity contribution in [2.45, 2.75) is 37.6 Å². The highest BCUT2D eigenvalue weighted by Crippen LogP contribution is 2.41. The van der Waals surface area contributed by atoms with Crippen LogP contribution in [0.25, 0.3) is 0 Å². The van der Waals surface area contributed by atoms with Gasteiger partial charge in [-0.25, -0.2) is 13.2 Å². The molecule has 0 atom stereocenters. The Labute approximate surface area is 173 Å². The van der Waals surface area contributed by atoms with Gasteiger partial charge in [0.15, 0.2) is 0 Å². The second-order valence-corrected chi connectivity index (χ2v) is 8.12. The minimum absolute atomic E-state index is 0.0703. The van der Waals surface area contributed by atoms with Crippen LogP contribution in [-0.4, -0.2) is 29.8 Å². The summed E-state index contributed by atoms with van der Waals surface area (Å²) >= 11 is 0. The van der Waals surface area contributed by atoms with E-state index in [2.05, 4.69) is 5.32 Å². The number of nitrogens with one attached hydrogen (secondary N) is 1. The van der Waals surface area contributed by atoms with Gasteiger partial charge in [-0.3, -0.25) is 9.59 Å². The predicted molar refractivity (Wildman–Crippen MR) is 105 cm³/mol. The molecule has 2 aromatic carbocycles. The van der Waals surface area contributed by atoms with Gasteiger partial charge in [-0.15, -0.1) is 0 Å². The molecule has 1 aliphatic carbocycles. The zero-order valence-electron chi connectivity index (χ0n) is 16.5. The standard InChI is InChI=1S/C23H23F3N2O2/c24-17-4-2-16(3-5-17)23(10-1-11-23)27-21(29)15-8-12-28(13-9-15)22(30)19-7-6-18(25)14-20(19)26/h2-7,14-15H,1,8-13H2,(H,27,29). The molecular weight excluding hydrogens is 393 g/mol. The SMILES string of the molecule is O=C(NC1(c2ccc(F)cc2)CCC1)C1CCN(C(=O)c2ccc(F)cc2F)CC1. The molecule has 7 heteroatoms. The Morgan fingerprint density at radius 3 is 2.13 bits per heavy atom. The van der Waals surface area contributed by atoms with Crippen LogP contribution in [0.4, 0.5) is 13.2 Å². The van der Waals surface area contributed by atoms with Crippen LogP contribution in [0.3, 0.4) is 0 Å². The van der Waals surface area contributed by atoms with Crippen molar-refractivity contribution in [1.82, 2.24) is 10.2 Å². The zero-order valence-corrected chi connectivity index (χ0v) is 16.5. The number of carbonyl (C=O) groups is 2. The van der Waals surface area contributed by atoms with E-state index >= 15 is 0 Å². The Balaban J connectivity index is 1.37. The summed E-state index contributed by atoms with van der Waals surface area (Å²) in [6.07, 6.45) is 3.56. The summed E-state index contributed by atoms with van der Waals surface area (Å²) in [5.74, 6) is -2.73. The number of piperidine rings is 1. The molecule has 158 valence electrons. The Morgan fingerprint density at radius 1 is 0.933 bits per heavy atom. The number of benzene rings is 2. The van der Waals surface area contributed by atoms with E-state index in [1.807, 2.05) is 0 Å². The first-order chi connectivity index (χ1) is 14.4. The van der Waals surface area contributed by atoms with Gasteiger partial charge < -0.3 is 10.2 Å². The van der Waals surface area contributed by atoms with Gasteiger partial charge >= 0.3 is 0 Å². The van der Waals surface area contributed by atoms with Crippen molar-refractivity contribution in [3.05, 3.63) is 71.0 Å². The third-order valence-corrected chi connectivity index (χ3v) is 6.28. The molecule has 0 radical (unpaired) electrons. The van der Waals surface area contributed by atoms with Crippen molar-refractivity contribution in [1.29, 1.82) is 0 Å². The van der Waals surface area contributed by atoms with E-state index in [0.717, 1.165) is 37.0 Å². The maximum absolute atomic E-state index is 13.9. The topological polar surface area (TPSA) is 49.4 Å². The van der Waals surface area contributed by atoms with Gasteiger partial charge in [0.1, 0.15) is 17.5 Å². The second-order valence-electron chi connectivity index (χ2n) is 8.12. The molecule has 1 N–H and O–H groups in total. The molecule has 4 rings (SSSR count). The number of hydrogen-bond acceptors (Lipinski definition) is 2. The van der Waals surface area contributed by atoms with E-state index < -0.39 is 23.1 Å². The van der Waals surface area contributed by atoms with Gasteiger partial charge in [-0.1, -0.05) is 12.1 Å². The predicted octanol–water partition coefficient (Wildman–Crippen LogP) is 4.15. The number of halogens is 3. The minimum atomic E-state index is -0.883. The van der Waals surface area contributed by atoms with Gasteiger partial charge in [0, 0.05) is 25.1 Å². The molecule has 2 fully saturated rings. The van der Waals surface area contributed by atoms with Gasteiger partial charge in [0.25, 0.3) is 5.91 Å². The average Bonchev–Trinajstić information content (AvgIpc) is 2.71. The molecule has 1 heterocycles. The number of carbonyl (C=O) groups excluding carboxylic acids is 2. The summed E-state index contributed by atoms with van der Waals surface area (Å²) < 4.78 is 40.2. The number of likely N-dealkylation sites (tertiary alicyclic amines) is 1. The van der Waals surface area contributed by atoms with Crippen molar-refractivity contribution in [3.63, 3.8) is 0 Å². The van der Waals surface area contributed by atoms with Crippen LogP contribution in [0.1, 0.15) is 48.0 Å². The highest BCUT2D eigenvalue weighted by atomic mass is 19.1. The van der Waals surface area contributed by atoms with Crippen LogP contribution >= 0.6 is 0 Å². The molecule has 4 nitrogen and oxygen atoms in total. The summed E-state index contributed by atoms with van der Waals surface area (Å²) in [6.45, 7) is 0.661. The Morgan fingerprint density at radius 2 is 1.57 bits per heavy atom. The molecule has 0 aromatic heterocycles. The molecule has 1 aliphatic heterocycles. The lowest BCUT2D eigenvalue weighted by molar-refractivity contribution is -0.129. The van der Waals surface area contributed by atoms with Crippen LogP contribution in [0.2, 0.25) is 0 Å². The molecule has 0 bridgehead atoms. The summed E-state index contributed by atoms with van der Waals surface area (Å²) in [5, 5.41) is 3.16. The molecule has 0 unspecified atom stereocenters. The van der Waals surface area contributed by atoms with E-state index in [4.69, 9.17) is 0 Å². The molecule has 1 saturated heterocycles. The molecule has 30 heavy (non-hydrogen) atoms. The lowest BCUT2D eigenvalue weighted by Gasteiger charge is -2.44. The number of nitrogens with zero attached hydrogens (tertiary/aromatic N) is 1. The fraction of sp³-hybridized carbons (Fsp3) is 0.391. The normalized spacial score (nSPS) is 18.6. The molecular formula is C23H23F3N2O2. The molecule has 2 amide bonds. The van der Waals surface area contributed by atoms with E-state index in [9.17, 15) is 22.8 Å². The third kappa shape index (κ3) is 3.93. The van der Waals surface area contributed by atoms with Crippen molar-refractivity contribution in [2.24, 2.45) is 5.92 Å². The Kier molecular flexibility index (Phi) is 5.54. The first-order valence-electron chi connectivity index (χ1n) is 10.2. The van der Waals surface area contributed by atoms with E-state index in [1.54, 1.807) is 12.1 Å². The number of hydrogen-bond donors (Lipinski definition) is 1. The minimum Gasteiger partial charge on any atom is -0.346 e. The van der Waals surface area contributed by atoms with Crippen LogP contribution in [0.5, 0.6) is 0 Å². The number of rotatable bonds is 4. The van der Waals surface area contributed by atoms with Gasteiger partial charge in [-0.05, 0) is 61.9 Å². The highest BCUT2D eigenvalue weighted by molar-refractivity contribution is 5.94. The monoisotopic (exact) mass is 416 g/mol. The van der Waals surface area contributed by atoms with Crippen molar-refractivity contribution >= 4 is 11.8 Å². The summed E-state index contributed by atoms with van der Waals surface area (Å²) in [6, 6.07) is 9.14. The largest absolute Gasteiger partial charge is 0.346 e. The van der Waals surface area contributed by atoms with Crippen molar-refractivity contribution in [2.75, 3.05) is 13.1 Å². The van der Waals surface area contributed by atoms with Crippen molar-refractivity contribution < 1.29 is 22.8 Å². The third-order valence-electron chi connectivity index (χ3n) is 6.28. The average molecular weight is 416 g/mol. The fourth-order valence-electron chi connectivity index (χ4n) is 4.30. The van der Waals surface area contributed by atoms with Crippen LogP contribution in [0.15, 0.2) is 42.5 Å². The van der Waals surface area contributed by atoms with Gasteiger partial charge in [0.2, 0.25) is 5.91 Å². The molecule has 0 spiro atoms. The van der Waals surface area contributed by atoms with Crippen molar-refractivity contribution in [3.8, 4) is 0 Å². The smallest absolute Gasteiger partial charge is 0.256 e. The lowest BCUT2D eigenvalue weighted by atomic mass is 9.71. The molecule has 2 aliphatic rings. The fourth-order valence-corrected chi connectivity index (χ4v) is 4.30. The van der Waals surface area contributed by atoms with Crippen LogP contribution < -0.4 is 5.32 Å². The maximum Gasteiger partial charge on any atom is 0.256 e. The Hall–Kier alpha value is -2.83. The number of amides is 2. The molecule has 2 aromatic rings. The Bertz CT molecular complexity index is 949. The first kappa shape index (κ1) is 20.4. The second kappa shape index (κ2) is 8.13.